The molecule has 0 aliphatic carbocycles. The number of benzene rings is 1. The Labute approximate surface area is 110 Å². The van der Waals surface area contributed by atoms with Gasteiger partial charge in [-0.15, -0.1) is 5.10 Å². The predicted molar refractivity (Wildman–Crippen MR) is 70.5 cm³/mol. The molecule has 1 aliphatic heterocycles. The maximum atomic E-state index is 5.83. The number of ether oxygens (including phenoxy) is 1. The van der Waals surface area contributed by atoms with E-state index in [4.69, 9.17) is 22.7 Å². The number of thiocarbonyl (C=S) groups is 1. The van der Waals surface area contributed by atoms with Gasteiger partial charge in [0.25, 0.3) is 0 Å². The van der Waals surface area contributed by atoms with E-state index in [-0.39, 0.29) is 11.1 Å². The molecule has 1 unspecified atom stereocenters. The fraction of sp³-hybridized carbons (Fsp3) is 0.250. The molecular weight excluding hydrogens is 248 g/mol. The van der Waals surface area contributed by atoms with Gasteiger partial charge in [0.2, 0.25) is 5.82 Å². The summed E-state index contributed by atoms with van der Waals surface area (Å²) in [7, 11) is 0. The van der Waals surface area contributed by atoms with Gasteiger partial charge in [-0.2, -0.15) is 0 Å². The molecule has 2 heterocycles. The number of nitrogens with two attached hydrogens (primary N) is 1. The highest BCUT2D eigenvalue weighted by Gasteiger charge is 2.23. The van der Waals surface area contributed by atoms with Gasteiger partial charge < -0.3 is 10.5 Å². The number of rotatable bonds is 3. The van der Waals surface area contributed by atoms with E-state index in [9.17, 15) is 0 Å². The molecular formula is C12H12N4OS. The van der Waals surface area contributed by atoms with Crippen LogP contribution in [0.2, 0.25) is 0 Å². The van der Waals surface area contributed by atoms with Crippen LogP contribution in [-0.4, -0.2) is 25.9 Å². The molecule has 5 nitrogen and oxygen atoms in total. The summed E-state index contributed by atoms with van der Waals surface area (Å²) < 4.78 is 7.54. The summed E-state index contributed by atoms with van der Waals surface area (Å²) in [4.78, 5) is 4.25. The summed E-state index contributed by atoms with van der Waals surface area (Å²) in [5.41, 5.74) is 6.70. The SMILES string of the molecule is NC(=S)c1ncn(CC2Cc3ccccc3O2)n1. The molecule has 0 saturated heterocycles. The molecule has 18 heavy (non-hydrogen) atoms. The maximum absolute atomic E-state index is 5.83. The van der Waals surface area contributed by atoms with E-state index >= 15 is 0 Å². The van der Waals surface area contributed by atoms with Crippen LogP contribution in [0.3, 0.4) is 0 Å². The fourth-order valence-corrected chi connectivity index (χ4v) is 2.15. The van der Waals surface area contributed by atoms with Gasteiger partial charge in [-0.25, -0.2) is 9.67 Å². The van der Waals surface area contributed by atoms with Gasteiger partial charge in [-0.1, -0.05) is 30.4 Å². The summed E-state index contributed by atoms with van der Waals surface area (Å²) >= 11 is 4.82. The summed E-state index contributed by atoms with van der Waals surface area (Å²) in [6.45, 7) is 0.643. The molecule has 2 aromatic rings. The Bertz CT molecular complexity index is 570. The summed E-state index contributed by atoms with van der Waals surface area (Å²) in [5, 5.41) is 4.20. The van der Waals surface area contributed by atoms with Crippen molar-refractivity contribution in [1.82, 2.24) is 14.8 Å². The van der Waals surface area contributed by atoms with Gasteiger partial charge in [0.15, 0.2) is 0 Å². The Morgan fingerprint density at radius 2 is 2.33 bits per heavy atom. The van der Waals surface area contributed by atoms with Crippen LogP contribution in [0.25, 0.3) is 0 Å². The van der Waals surface area contributed by atoms with E-state index in [0.29, 0.717) is 12.4 Å². The van der Waals surface area contributed by atoms with Crippen molar-refractivity contribution in [3.63, 3.8) is 0 Å². The lowest BCUT2D eigenvalue weighted by atomic mass is 10.1. The zero-order valence-electron chi connectivity index (χ0n) is 9.61. The highest BCUT2D eigenvalue weighted by Crippen LogP contribution is 2.28. The monoisotopic (exact) mass is 260 g/mol. The third kappa shape index (κ3) is 2.06. The number of aromatic nitrogens is 3. The van der Waals surface area contributed by atoms with E-state index < -0.39 is 0 Å². The highest BCUT2D eigenvalue weighted by molar-refractivity contribution is 7.80. The summed E-state index contributed by atoms with van der Waals surface area (Å²) in [6, 6.07) is 8.06. The molecule has 3 rings (SSSR count). The van der Waals surface area contributed by atoms with Gasteiger partial charge in [-0.05, 0) is 11.6 Å². The van der Waals surface area contributed by atoms with E-state index in [1.807, 2.05) is 18.2 Å². The van der Waals surface area contributed by atoms with Gasteiger partial charge in [-0.3, -0.25) is 0 Å². The first-order valence-electron chi connectivity index (χ1n) is 5.66. The van der Waals surface area contributed by atoms with Gasteiger partial charge >= 0.3 is 0 Å². The molecule has 1 aromatic carbocycles. The molecule has 1 aliphatic rings. The number of hydrogen-bond donors (Lipinski definition) is 1. The van der Waals surface area contributed by atoms with Crippen molar-refractivity contribution in [2.75, 3.05) is 0 Å². The Hall–Kier alpha value is -1.95. The third-order valence-corrected chi connectivity index (χ3v) is 3.04. The second-order valence-electron chi connectivity index (χ2n) is 4.21. The lowest BCUT2D eigenvalue weighted by molar-refractivity contribution is 0.203. The molecule has 0 saturated carbocycles. The molecule has 0 bridgehead atoms. The first kappa shape index (κ1) is 11.2. The van der Waals surface area contributed by atoms with Crippen molar-refractivity contribution in [3.05, 3.63) is 42.0 Å². The minimum Gasteiger partial charge on any atom is -0.488 e. The Balaban J connectivity index is 1.70. The third-order valence-electron chi connectivity index (χ3n) is 2.86. The van der Waals surface area contributed by atoms with Crippen LogP contribution >= 0.6 is 12.2 Å². The van der Waals surface area contributed by atoms with Crippen LogP contribution in [0.4, 0.5) is 0 Å². The van der Waals surface area contributed by atoms with Crippen LogP contribution in [-0.2, 0) is 13.0 Å². The van der Waals surface area contributed by atoms with Crippen molar-refractivity contribution in [2.24, 2.45) is 5.73 Å². The van der Waals surface area contributed by atoms with Crippen molar-refractivity contribution in [1.29, 1.82) is 0 Å². The smallest absolute Gasteiger partial charge is 0.208 e. The molecule has 0 spiro atoms. The number of nitrogens with zero attached hydrogens (tertiary/aromatic N) is 3. The molecule has 0 radical (unpaired) electrons. The van der Waals surface area contributed by atoms with E-state index in [1.165, 1.54) is 5.56 Å². The van der Waals surface area contributed by atoms with Crippen LogP contribution in [0.15, 0.2) is 30.6 Å². The van der Waals surface area contributed by atoms with Crippen molar-refractivity contribution in [3.8, 4) is 5.75 Å². The average molecular weight is 260 g/mol. The van der Waals surface area contributed by atoms with E-state index in [2.05, 4.69) is 16.1 Å². The fourth-order valence-electron chi connectivity index (χ4n) is 2.06. The maximum Gasteiger partial charge on any atom is 0.208 e. The minimum atomic E-state index is 0.0864. The van der Waals surface area contributed by atoms with Crippen LogP contribution in [0.1, 0.15) is 11.4 Å². The lowest BCUT2D eigenvalue weighted by Gasteiger charge is -2.09. The topological polar surface area (TPSA) is 66.0 Å². The highest BCUT2D eigenvalue weighted by atomic mass is 32.1. The molecule has 2 N–H and O–H groups in total. The summed E-state index contributed by atoms with van der Waals surface area (Å²) in [5.74, 6) is 1.36. The van der Waals surface area contributed by atoms with Crippen LogP contribution in [0, 0.1) is 0 Å². The van der Waals surface area contributed by atoms with Crippen molar-refractivity contribution >= 4 is 17.2 Å². The molecule has 0 amide bonds. The van der Waals surface area contributed by atoms with E-state index in [0.717, 1.165) is 12.2 Å². The van der Waals surface area contributed by atoms with Crippen molar-refractivity contribution in [2.45, 2.75) is 19.1 Å². The average Bonchev–Trinajstić information content (AvgIpc) is 2.94. The number of fused-ring (bicyclic) bond motifs is 1. The van der Waals surface area contributed by atoms with Crippen LogP contribution < -0.4 is 10.5 Å². The molecule has 1 aromatic heterocycles. The number of hydrogen-bond acceptors (Lipinski definition) is 4. The molecule has 1 atom stereocenters. The molecule has 0 fully saturated rings. The summed E-state index contributed by atoms with van der Waals surface area (Å²) in [6.07, 6.45) is 2.60. The second kappa shape index (κ2) is 4.38. The van der Waals surface area contributed by atoms with E-state index in [1.54, 1.807) is 11.0 Å². The zero-order valence-corrected chi connectivity index (χ0v) is 10.4. The Morgan fingerprint density at radius 3 is 3.06 bits per heavy atom. The Kier molecular flexibility index (Phi) is 2.71. The molecule has 92 valence electrons. The first-order valence-corrected chi connectivity index (χ1v) is 6.07. The van der Waals surface area contributed by atoms with Gasteiger partial charge in [0.1, 0.15) is 23.2 Å². The lowest BCUT2D eigenvalue weighted by Crippen LogP contribution is -2.21. The van der Waals surface area contributed by atoms with Gasteiger partial charge in [0, 0.05) is 6.42 Å². The van der Waals surface area contributed by atoms with Crippen molar-refractivity contribution < 1.29 is 4.74 Å². The quantitative estimate of drug-likeness (QED) is 0.831. The van der Waals surface area contributed by atoms with Crippen LogP contribution in [0.5, 0.6) is 5.75 Å². The number of para-hydroxylation sites is 1. The Morgan fingerprint density at radius 1 is 1.50 bits per heavy atom. The standard InChI is InChI=1S/C12H12N4OS/c13-11(18)12-14-7-16(15-12)6-9-5-8-3-1-2-4-10(8)17-9/h1-4,7,9H,5-6H2,(H2,13,18). The second-order valence-corrected chi connectivity index (χ2v) is 4.65. The zero-order chi connectivity index (χ0) is 12.5. The largest absolute Gasteiger partial charge is 0.488 e. The van der Waals surface area contributed by atoms with Gasteiger partial charge in [0.05, 0.1) is 6.54 Å². The molecule has 6 heteroatoms. The normalized spacial score (nSPS) is 17.2. The first-order chi connectivity index (χ1) is 8.72. The minimum absolute atomic E-state index is 0.0864. The predicted octanol–water partition coefficient (Wildman–Crippen LogP) is 0.916.